The van der Waals surface area contributed by atoms with Gasteiger partial charge in [-0.1, -0.05) is 60.1 Å². The maximum atomic E-state index is 14.5. The molecule has 2 N–H and O–H groups in total. The lowest BCUT2D eigenvalue weighted by Gasteiger charge is -2.31. The molecule has 7 aromatic rings. The van der Waals surface area contributed by atoms with Crippen molar-refractivity contribution < 1.29 is 33.3 Å². The lowest BCUT2D eigenvalue weighted by Crippen LogP contribution is -2.47. The van der Waals surface area contributed by atoms with E-state index in [1.54, 1.807) is 37.6 Å². The summed E-state index contributed by atoms with van der Waals surface area (Å²) in [5.41, 5.74) is 6.11. The molecule has 65 heavy (non-hydrogen) atoms. The number of hydrogen-bond acceptors (Lipinski definition) is 12. The number of carbonyl (C=O) groups excluding carboxylic acids is 1. The quantitative estimate of drug-likeness (QED) is 0.137. The number of fused-ring (bicyclic) bond motifs is 7. The normalized spacial score (nSPS) is 15.7. The van der Waals surface area contributed by atoms with Crippen LogP contribution in [0.5, 0.6) is 17.4 Å². The van der Waals surface area contributed by atoms with E-state index in [-0.39, 0.29) is 43.6 Å². The number of piperazine rings is 1. The molecule has 1 amide bonds. The van der Waals surface area contributed by atoms with E-state index in [4.69, 9.17) is 30.8 Å². The van der Waals surface area contributed by atoms with Crippen molar-refractivity contribution in [2.75, 3.05) is 46.4 Å². The molecule has 3 aliphatic heterocycles. The summed E-state index contributed by atoms with van der Waals surface area (Å²) in [4.78, 5) is 51.6. The van der Waals surface area contributed by atoms with Crippen molar-refractivity contribution in [1.29, 1.82) is 0 Å². The van der Waals surface area contributed by atoms with Crippen LogP contribution in [0, 0.1) is 12.7 Å². The third kappa shape index (κ3) is 9.50. The van der Waals surface area contributed by atoms with Gasteiger partial charge in [0.2, 0.25) is 17.9 Å². The van der Waals surface area contributed by atoms with Gasteiger partial charge >= 0.3 is 5.97 Å². The summed E-state index contributed by atoms with van der Waals surface area (Å²) in [6, 6.07) is 24.6. The van der Waals surface area contributed by atoms with Crippen LogP contribution in [0.25, 0.3) is 43.2 Å². The topological polar surface area (TPSA) is 152 Å². The Bertz CT molecular complexity index is 2890. The van der Waals surface area contributed by atoms with Crippen LogP contribution in [0.1, 0.15) is 27.9 Å². The number of halogens is 2. The number of methoxy groups -OCH3 is 1. The third-order valence-corrected chi connectivity index (χ3v) is 13.4. The van der Waals surface area contributed by atoms with Gasteiger partial charge in [-0.25, -0.2) is 29.1 Å². The monoisotopic (exact) mass is 913 g/mol. The second-order valence-electron chi connectivity index (χ2n) is 15.9. The number of hydrogen-bond donors (Lipinski definition) is 2. The molecule has 0 radical (unpaired) electrons. The number of nitrogens with zero attached hydrogens (tertiary/aromatic N) is 6. The van der Waals surface area contributed by atoms with Gasteiger partial charge < -0.3 is 29.5 Å². The Morgan fingerprint density at radius 3 is 2.58 bits per heavy atom. The fourth-order valence-corrected chi connectivity index (χ4v) is 9.69. The fraction of sp³-hybridized carbons (Fsp3) is 0.265. The van der Waals surface area contributed by atoms with Crippen LogP contribution in [-0.4, -0.2) is 99.2 Å². The molecule has 1 saturated heterocycles. The van der Waals surface area contributed by atoms with Crippen LogP contribution >= 0.6 is 22.9 Å². The molecule has 0 unspecified atom stereocenters. The highest BCUT2D eigenvalue weighted by Crippen LogP contribution is 2.49. The first-order valence-electron chi connectivity index (χ1n) is 21.3. The van der Waals surface area contributed by atoms with Gasteiger partial charge in [0.15, 0.2) is 5.82 Å². The highest BCUT2D eigenvalue weighted by molar-refractivity contribution is 7.22. The van der Waals surface area contributed by atoms with E-state index in [2.05, 4.69) is 25.2 Å². The summed E-state index contributed by atoms with van der Waals surface area (Å²) in [6.07, 6.45) is 1.42. The molecule has 3 aromatic heterocycles. The highest BCUT2D eigenvalue weighted by Gasteiger charge is 2.30. The molecule has 4 bridgehead atoms. The lowest BCUT2D eigenvalue weighted by atomic mass is 9.94. The molecule has 0 spiro atoms. The number of carboxylic acid groups (broad SMARTS) is 1. The van der Waals surface area contributed by atoms with E-state index in [1.165, 1.54) is 29.8 Å². The van der Waals surface area contributed by atoms with Crippen LogP contribution < -0.4 is 19.5 Å². The molecule has 16 heteroatoms. The molecule has 1 fully saturated rings. The first-order valence-corrected chi connectivity index (χ1v) is 22.4. The number of benzene rings is 4. The molecule has 10 rings (SSSR count). The van der Waals surface area contributed by atoms with Gasteiger partial charge in [-0.15, -0.1) is 11.3 Å². The van der Waals surface area contributed by atoms with E-state index in [0.717, 1.165) is 58.9 Å². The Kier molecular flexibility index (Phi) is 13.0. The Balaban J connectivity index is 1.14. The van der Waals surface area contributed by atoms with Gasteiger partial charge in [-0.3, -0.25) is 9.69 Å². The zero-order valence-electron chi connectivity index (χ0n) is 35.7. The van der Waals surface area contributed by atoms with Gasteiger partial charge in [-0.2, -0.15) is 0 Å². The highest BCUT2D eigenvalue weighted by atomic mass is 35.5. The van der Waals surface area contributed by atoms with Gasteiger partial charge in [0.25, 0.3) is 0 Å². The molecule has 0 aliphatic carbocycles. The maximum Gasteiger partial charge on any atom is 0.345 e. The predicted octanol–water partition coefficient (Wildman–Crippen LogP) is 8.04. The lowest BCUT2D eigenvalue weighted by molar-refractivity contribution is -0.145. The molecule has 4 aromatic carbocycles. The molecule has 13 nitrogen and oxygen atoms in total. The fourth-order valence-electron chi connectivity index (χ4n) is 8.32. The minimum Gasteiger partial charge on any atom is -0.496 e. The van der Waals surface area contributed by atoms with Crippen LogP contribution in [-0.2, 0) is 35.6 Å². The summed E-state index contributed by atoms with van der Waals surface area (Å²) in [6.45, 7) is 6.88. The Labute approximate surface area is 383 Å². The van der Waals surface area contributed by atoms with Crippen molar-refractivity contribution in [2.24, 2.45) is 0 Å². The van der Waals surface area contributed by atoms with Crippen LogP contribution in [0.2, 0.25) is 5.02 Å². The number of ether oxygens (including phenoxy) is 3. The van der Waals surface area contributed by atoms with Crippen LogP contribution in [0.15, 0.2) is 97.5 Å². The number of rotatable bonds is 10. The minimum atomic E-state index is -1.46. The average molecular weight is 914 g/mol. The van der Waals surface area contributed by atoms with Gasteiger partial charge in [0.1, 0.15) is 35.1 Å². The number of amides is 1. The number of carbonyl (C=O) groups is 2. The molecule has 6 heterocycles. The second kappa shape index (κ2) is 19.3. The smallest absolute Gasteiger partial charge is 0.345 e. The van der Waals surface area contributed by atoms with Gasteiger partial charge in [0, 0.05) is 73.9 Å². The SMILES string of the molecule is COc1ccccc1-c1nccc(COc2ccc3cc2C[C@H](C(=O)O)Oc2ncnc4sc(-c5ccc(F)cc5)c(c24)-c2ccc(c(Cl)c2C)CN(CCN2CCNCC2)C(=O)C3)n1. The van der Waals surface area contributed by atoms with E-state index in [9.17, 15) is 19.1 Å². The zero-order valence-corrected chi connectivity index (χ0v) is 37.3. The molecule has 332 valence electrons. The third-order valence-electron chi connectivity index (χ3n) is 11.8. The number of thiophene rings is 1. The summed E-state index contributed by atoms with van der Waals surface area (Å²) in [5, 5.41) is 15.2. The zero-order chi connectivity index (χ0) is 45.0. The number of nitrogens with one attached hydrogen (secondary N) is 1. The number of aliphatic carboxylic acids is 1. The van der Waals surface area contributed by atoms with Gasteiger partial charge in [0.05, 0.1) is 30.2 Å². The number of para-hydroxylation sites is 1. The van der Waals surface area contributed by atoms with Crippen molar-refractivity contribution in [3.63, 3.8) is 0 Å². The second-order valence-corrected chi connectivity index (χ2v) is 17.3. The Morgan fingerprint density at radius 2 is 1.78 bits per heavy atom. The predicted molar refractivity (Wildman–Crippen MR) is 247 cm³/mol. The van der Waals surface area contributed by atoms with E-state index >= 15 is 0 Å². The average Bonchev–Trinajstić information content (AvgIpc) is 3.71. The summed E-state index contributed by atoms with van der Waals surface area (Å²) >= 11 is 8.65. The molecular weight excluding hydrogens is 869 g/mol. The Hall–Kier alpha value is -6.52. The van der Waals surface area contributed by atoms with Crippen molar-refractivity contribution in [1.82, 2.24) is 35.1 Å². The minimum absolute atomic E-state index is 0.0304. The van der Waals surface area contributed by atoms with Crippen LogP contribution in [0.3, 0.4) is 0 Å². The summed E-state index contributed by atoms with van der Waals surface area (Å²) in [7, 11) is 1.59. The largest absolute Gasteiger partial charge is 0.496 e. The molecule has 3 aliphatic rings. The van der Waals surface area contributed by atoms with Crippen molar-refractivity contribution >= 4 is 45.0 Å². The van der Waals surface area contributed by atoms with Crippen LogP contribution in [0.4, 0.5) is 4.39 Å². The molecule has 1 atom stereocenters. The standard InChI is InChI=1S/C49H45ClFN7O6S/c1-29-36-13-10-32(44(29)50)26-58(22-21-57-19-17-52-18-20-57)41(59)24-30-7-14-38(63-27-35-15-16-53-46(56-35)37-5-3-4-6-39(37)62-2)33(23-30)25-40(49(60)61)64-47-43-42(36)45(65-48(43)55-28-54-47)31-8-11-34(51)12-9-31/h3-16,23,28,40,52H,17-22,24-27H2,1-2H3,(H,60,61)/t40-/m1/s1. The Morgan fingerprint density at radius 1 is 0.969 bits per heavy atom. The molecule has 0 saturated carbocycles. The van der Waals surface area contributed by atoms with E-state index in [1.807, 2.05) is 60.4 Å². The summed E-state index contributed by atoms with van der Waals surface area (Å²) in [5.74, 6) is -0.201. The van der Waals surface area contributed by atoms with Crippen molar-refractivity contribution in [2.45, 2.75) is 39.0 Å². The van der Waals surface area contributed by atoms with Gasteiger partial charge in [-0.05, 0) is 76.7 Å². The first kappa shape index (κ1) is 43.7. The van der Waals surface area contributed by atoms with Crippen molar-refractivity contribution in [3.05, 3.63) is 136 Å². The maximum absolute atomic E-state index is 14.5. The van der Waals surface area contributed by atoms with E-state index < -0.39 is 12.1 Å². The number of aromatic nitrogens is 4. The van der Waals surface area contributed by atoms with Crippen molar-refractivity contribution in [3.8, 4) is 50.3 Å². The van der Waals surface area contributed by atoms with E-state index in [0.29, 0.717) is 68.0 Å². The molecular formula is C49H45ClFN7O6S. The summed E-state index contributed by atoms with van der Waals surface area (Å²) < 4.78 is 32.7. The first-order chi connectivity index (χ1) is 31.6. The number of carboxylic acids is 1.